The van der Waals surface area contributed by atoms with E-state index in [2.05, 4.69) is 24.0 Å². The van der Waals surface area contributed by atoms with Crippen LogP contribution in [0.5, 0.6) is 17.2 Å². The van der Waals surface area contributed by atoms with Gasteiger partial charge in [0.25, 0.3) is 5.89 Å². The van der Waals surface area contributed by atoms with Crippen LogP contribution in [0.4, 0.5) is 0 Å². The summed E-state index contributed by atoms with van der Waals surface area (Å²) in [5.41, 5.74) is 3.51. The Balaban J connectivity index is 1.13. The van der Waals surface area contributed by atoms with Gasteiger partial charge in [-0.3, -0.25) is 0 Å². The van der Waals surface area contributed by atoms with Crippen LogP contribution >= 0.6 is 0 Å². The molecule has 0 atom stereocenters. The van der Waals surface area contributed by atoms with Gasteiger partial charge in [0.15, 0.2) is 0 Å². The lowest BCUT2D eigenvalue weighted by molar-refractivity contribution is 0.0725. The molecule has 0 aliphatic carbocycles. The first kappa shape index (κ1) is 32.2. The highest BCUT2D eigenvalue weighted by Crippen LogP contribution is 2.26. The van der Waals surface area contributed by atoms with Crippen LogP contribution in [0.15, 0.2) is 102 Å². The Labute approximate surface area is 269 Å². The standard InChI is InChI=1S/C38H38N2O6/c1-3-5-7-8-26-43-32-20-18-31(19-21-32)38(42)45-34-24-16-29(17-25-34)36-39-35(40-46-36)28-14-22-33(23-15-28)44-37(41)30-12-10-27(11-13-30)9-6-4-2/h10-25H,3-9,26H2,1-2H3. The molecule has 1 aromatic heterocycles. The number of unbranched alkanes of at least 4 members (excludes halogenated alkanes) is 4. The first-order valence-corrected chi connectivity index (χ1v) is 15.8. The Hall–Kier alpha value is -5.24. The van der Waals surface area contributed by atoms with Crippen LogP contribution in [0.3, 0.4) is 0 Å². The SMILES string of the molecule is CCCCCCOc1ccc(C(=O)Oc2ccc(-c3nc(-c4ccc(OC(=O)c5ccc(CCCC)cc5)cc4)no3)cc2)cc1. The van der Waals surface area contributed by atoms with Crippen LogP contribution in [-0.2, 0) is 6.42 Å². The Morgan fingerprint density at radius 2 is 1.15 bits per heavy atom. The van der Waals surface area contributed by atoms with Crippen LogP contribution < -0.4 is 14.2 Å². The van der Waals surface area contributed by atoms with Gasteiger partial charge in [0.05, 0.1) is 17.7 Å². The molecule has 0 spiro atoms. The minimum atomic E-state index is -0.461. The molecule has 5 rings (SSSR count). The van der Waals surface area contributed by atoms with Gasteiger partial charge in [-0.15, -0.1) is 0 Å². The van der Waals surface area contributed by atoms with Gasteiger partial charge in [-0.25, -0.2) is 9.59 Å². The van der Waals surface area contributed by atoms with E-state index in [-0.39, 0.29) is 0 Å². The second-order valence-corrected chi connectivity index (χ2v) is 11.0. The number of aryl methyl sites for hydroxylation is 1. The molecule has 0 bridgehead atoms. The Kier molecular flexibility index (Phi) is 11.3. The summed E-state index contributed by atoms with van der Waals surface area (Å²) in [6.45, 7) is 5.00. The molecule has 5 aromatic rings. The average Bonchev–Trinajstić information content (AvgIpc) is 3.59. The summed E-state index contributed by atoms with van der Waals surface area (Å²) in [4.78, 5) is 29.7. The van der Waals surface area contributed by atoms with Gasteiger partial charge in [-0.1, -0.05) is 56.8 Å². The molecule has 8 nitrogen and oxygen atoms in total. The summed E-state index contributed by atoms with van der Waals surface area (Å²) in [6, 6.07) is 28.2. The quantitative estimate of drug-likeness (QED) is 0.0650. The highest BCUT2D eigenvalue weighted by Gasteiger charge is 2.14. The van der Waals surface area contributed by atoms with Crippen LogP contribution in [-0.4, -0.2) is 28.7 Å². The third-order valence-corrected chi connectivity index (χ3v) is 7.43. The molecule has 236 valence electrons. The maximum atomic E-state index is 12.6. The van der Waals surface area contributed by atoms with E-state index in [1.54, 1.807) is 84.9 Å². The maximum absolute atomic E-state index is 12.6. The largest absolute Gasteiger partial charge is 0.494 e. The number of esters is 2. The van der Waals surface area contributed by atoms with E-state index in [1.807, 2.05) is 12.1 Å². The smallest absolute Gasteiger partial charge is 0.343 e. The van der Waals surface area contributed by atoms with Gasteiger partial charge in [0, 0.05) is 11.1 Å². The van der Waals surface area contributed by atoms with E-state index in [9.17, 15) is 9.59 Å². The Bertz CT molecular complexity index is 1690. The highest BCUT2D eigenvalue weighted by atomic mass is 16.5. The van der Waals surface area contributed by atoms with E-state index >= 15 is 0 Å². The van der Waals surface area contributed by atoms with E-state index in [4.69, 9.17) is 18.7 Å². The fourth-order valence-corrected chi connectivity index (χ4v) is 4.72. The molecule has 0 unspecified atom stereocenters. The van der Waals surface area contributed by atoms with Crippen LogP contribution in [0.1, 0.15) is 78.7 Å². The molecular formula is C38H38N2O6. The molecule has 0 N–H and O–H groups in total. The molecule has 8 heteroatoms. The molecule has 0 aliphatic rings. The van der Waals surface area contributed by atoms with Crippen molar-refractivity contribution in [2.75, 3.05) is 6.61 Å². The summed E-state index contributed by atoms with van der Waals surface area (Å²) < 4.78 is 22.3. The topological polar surface area (TPSA) is 101 Å². The number of carbonyl (C=O) groups excluding carboxylic acids is 2. The summed E-state index contributed by atoms with van der Waals surface area (Å²) in [6.07, 6.45) is 7.80. The normalized spacial score (nSPS) is 10.8. The van der Waals surface area contributed by atoms with Crippen molar-refractivity contribution >= 4 is 11.9 Å². The second kappa shape index (κ2) is 16.2. The first-order valence-electron chi connectivity index (χ1n) is 15.8. The summed E-state index contributed by atoms with van der Waals surface area (Å²) in [5.74, 6) is 1.37. The summed E-state index contributed by atoms with van der Waals surface area (Å²) in [7, 11) is 0. The second-order valence-electron chi connectivity index (χ2n) is 11.0. The number of aromatic nitrogens is 2. The van der Waals surface area contributed by atoms with Crippen molar-refractivity contribution in [1.82, 2.24) is 10.1 Å². The van der Waals surface area contributed by atoms with E-state index < -0.39 is 11.9 Å². The zero-order valence-corrected chi connectivity index (χ0v) is 26.2. The number of ether oxygens (including phenoxy) is 3. The number of rotatable bonds is 15. The minimum absolute atomic E-state index is 0.316. The van der Waals surface area contributed by atoms with Crippen molar-refractivity contribution in [3.63, 3.8) is 0 Å². The number of hydrogen-bond acceptors (Lipinski definition) is 8. The van der Waals surface area contributed by atoms with E-state index in [0.717, 1.165) is 37.9 Å². The van der Waals surface area contributed by atoms with Gasteiger partial charge < -0.3 is 18.7 Å². The number of benzene rings is 4. The lowest BCUT2D eigenvalue weighted by Gasteiger charge is -2.08. The molecule has 0 saturated heterocycles. The monoisotopic (exact) mass is 618 g/mol. The van der Waals surface area contributed by atoms with Gasteiger partial charge in [-0.2, -0.15) is 4.98 Å². The number of nitrogens with zero attached hydrogens (tertiary/aromatic N) is 2. The Morgan fingerprint density at radius 1 is 0.609 bits per heavy atom. The molecule has 0 saturated carbocycles. The summed E-state index contributed by atoms with van der Waals surface area (Å²) >= 11 is 0. The van der Waals surface area contributed by atoms with E-state index in [1.165, 1.54) is 18.4 Å². The molecule has 0 aliphatic heterocycles. The van der Waals surface area contributed by atoms with Crippen molar-refractivity contribution in [3.05, 3.63) is 114 Å². The van der Waals surface area contributed by atoms with Crippen molar-refractivity contribution in [1.29, 1.82) is 0 Å². The van der Waals surface area contributed by atoms with Gasteiger partial charge >= 0.3 is 11.9 Å². The maximum Gasteiger partial charge on any atom is 0.343 e. The molecule has 0 fully saturated rings. The predicted octanol–water partition coefficient (Wildman–Crippen LogP) is 9.14. The van der Waals surface area contributed by atoms with Crippen molar-refractivity contribution in [2.24, 2.45) is 0 Å². The van der Waals surface area contributed by atoms with Crippen LogP contribution in [0, 0.1) is 0 Å². The molecule has 4 aromatic carbocycles. The first-order chi connectivity index (χ1) is 22.5. The van der Waals surface area contributed by atoms with Crippen LogP contribution in [0.25, 0.3) is 22.8 Å². The molecule has 0 amide bonds. The van der Waals surface area contributed by atoms with Crippen LogP contribution in [0.2, 0.25) is 0 Å². The number of hydrogen-bond donors (Lipinski definition) is 0. The third kappa shape index (κ3) is 8.91. The summed E-state index contributed by atoms with van der Waals surface area (Å²) in [5, 5.41) is 4.09. The zero-order chi connectivity index (χ0) is 32.1. The molecular weight excluding hydrogens is 580 g/mol. The fourth-order valence-electron chi connectivity index (χ4n) is 4.72. The predicted molar refractivity (Wildman–Crippen MR) is 176 cm³/mol. The minimum Gasteiger partial charge on any atom is -0.494 e. The molecule has 46 heavy (non-hydrogen) atoms. The lowest BCUT2D eigenvalue weighted by atomic mass is 10.1. The van der Waals surface area contributed by atoms with Gasteiger partial charge in [-0.05, 0) is 110 Å². The Morgan fingerprint density at radius 3 is 1.74 bits per heavy atom. The zero-order valence-electron chi connectivity index (χ0n) is 26.2. The lowest BCUT2D eigenvalue weighted by Crippen LogP contribution is -2.08. The van der Waals surface area contributed by atoms with Crippen molar-refractivity contribution < 1.29 is 28.3 Å². The van der Waals surface area contributed by atoms with Gasteiger partial charge in [0.1, 0.15) is 17.2 Å². The molecule has 0 radical (unpaired) electrons. The number of carbonyl (C=O) groups is 2. The fraction of sp³-hybridized carbons (Fsp3) is 0.263. The highest BCUT2D eigenvalue weighted by molar-refractivity contribution is 5.91. The average molecular weight is 619 g/mol. The molecule has 1 heterocycles. The van der Waals surface area contributed by atoms with Crippen molar-refractivity contribution in [2.45, 2.75) is 58.8 Å². The van der Waals surface area contributed by atoms with Crippen molar-refractivity contribution in [3.8, 4) is 40.1 Å². The van der Waals surface area contributed by atoms with E-state index in [0.29, 0.717) is 52.1 Å². The van der Waals surface area contributed by atoms with Gasteiger partial charge in [0.2, 0.25) is 5.82 Å². The third-order valence-electron chi connectivity index (χ3n) is 7.43.